The second kappa shape index (κ2) is 6.21. The number of benzene rings is 1. The number of nitrogens with zero attached hydrogens (tertiary/aromatic N) is 4. The molecule has 7 heteroatoms. The van der Waals surface area contributed by atoms with E-state index < -0.39 is 0 Å². The second-order valence-electron chi connectivity index (χ2n) is 5.07. The summed E-state index contributed by atoms with van der Waals surface area (Å²) in [7, 11) is 0. The zero-order chi connectivity index (χ0) is 15.4. The highest BCUT2D eigenvalue weighted by Crippen LogP contribution is 2.18. The van der Waals surface area contributed by atoms with E-state index >= 15 is 0 Å². The van der Waals surface area contributed by atoms with Gasteiger partial charge in [-0.05, 0) is 32.0 Å². The predicted molar refractivity (Wildman–Crippen MR) is 85.9 cm³/mol. The third-order valence-corrected chi connectivity index (χ3v) is 2.82. The first-order valence-electron chi connectivity index (χ1n) is 7.05. The van der Waals surface area contributed by atoms with E-state index in [1.165, 1.54) is 0 Å². The van der Waals surface area contributed by atoms with Crippen LogP contribution in [0.4, 0.5) is 17.6 Å². The van der Waals surface area contributed by atoms with E-state index in [2.05, 4.69) is 35.8 Å². The van der Waals surface area contributed by atoms with Gasteiger partial charge in [0.1, 0.15) is 5.69 Å². The highest BCUT2D eigenvalue weighted by molar-refractivity contribution is 5.58. The summed E-state index contributed by atoms with van der Waals surface area (Å²) in [5, 5.41) is 13.2. The van der Waals surface area contributed by atoms with Crippen LogP contribution in [-0.2, 0) is 0 Å². The van der Waals surface area contributed by atoms with Crippen molar-refractivity contribution in [2.24, 2.45) is 0 Å². The van der Waals surface area contributed by atoms with E-state index in [0.717, 1.165) is 11.4 Å². The number of hydrogen-bond donors (Lipinski definition) is 3. The molecule has 7 nitrogen and oxygen atoms in total. The molecule has 0 aliphatic rings. The Hall–Kier alpha value is -2.96. The van der Waals surface area contributed by atoms with Gasteiger partial charge in [-0.3, -0.25) is 5.10 Å². The standard InChI is InChI=1S/C15H17N7/c1-10(2)17-14-19-13(12-8-9-16-22-12)20-15(21-14)18-11-6-4-3-5-7-11/h3-10H,1-2H3,(H,16,22)(H2,17,18,19,20,21). The highest BCUT2D eigenvalue weighted by Gasteiger charge is 2.10. The van der Waals surface area contributed by atoms with Crippen LogP contribution >= 0.6 is 0 Å². The molecule has 3 aromatic rings. The molecule has 0 atom stereocenters. The molecule has 0 bridgehead atoms. The lowest BCUT2D eigenvalue weighted by Crippen LogP contribution is -2.14. The molecule has 1 aromatic carbocycles. The third kappa shape index (κ3) is 3.38. The second-order valence-corrected chi connectivity index (χ2v) is 5.07. The molecule has 2 aromatic heterocycles. The lowest BCUT2D eigenvalue weighted by Gasteiger charge is -2.11. The van der Waals surface area contributed by atoms with Gasteiger partial charge in [0.25, 0.3) is 0 Å². The molecule has 0 aliphatic carbocycles. The molecular formula is C15H17N7. The zero-order valence-electron chi connectivity index (χ0n) is 12.4. The molecule has 2 heterocycles. The van der Waals surface area contributed by atoms with Crippen molar-refractivity contribution in [1.82, 2.24) is 25.1 Å². The van der Waals surface area contributed by atoms with Gasteiger partial charge in [0.05, 0.1) is 0 Å². The Balaban J connectivity index is 1.96. The summed E-state index contributed by atoms with van der Waals surface area (Å²) in [6.07, 6.45) is 1.67. The third-order valence-electron chi connectivity index (χ3n) is 2.82. The van der Waals surface area contributed by atoms with Crippen molar-refractivity contribution in [1.29, 1.82) is 0 Å². The van der Waals surface area contributed by atoms with E-state index in [9.17, 15) is 0 Å². The molecule has 0 saturated carbocycles. The average Bonchev–Trinajstić information content (AvgIpc) is 3.01. The normalized spacial score (nSPS) is 10.7. The van der Waals surface area contributed by atoms with Gasteiger partial charge in [0.15, 0.2) is 5.82 Å². The van der Waals surface area contributed by atoms with Crippen molar-refractivity contribution < 1.29 is 0 Å². The quantitative estimate of drug-likeness (QED) is 0.670. The molecule has 0 saturated heterocycles. The summed E-state index contributed by atoms with van der Waals surface area (Å²) in [6.45, 7) is 4.06. The minimum Gasteiger partial charge on any atom is -0.352 e. The number of hydrogen-bond acceptors (Lipinski definition) is 6. The monoisotopic (exact) mass is 295 g/mol. The number of nitrogens with one attached hydrogen (secondary N) is 3. The van der Waals surface area contributed by atoms with Crippen molar-refractivity contribution in [3.8, 4) is 11.5 Å². The van der Waals surface area contributed by atoms with Gasteiger partial charge in [-0.2, -0.15) is 20.1 Å². The lowest BCUT2D eigenvalue weighted by atomic mass is 10.3. The zero-order valence-corrected chi connectivity index (χ0v) is 12.4. The van der Waals surface area contributed by atoms with Crippen LogP contribution in [-0.4, -0.2) is 31.2 Å². The average molecular weight is 295 g/mol. The van der Waals surface area contributed by atoms with Crippen LogP contribution in [0.3, 0.4) is 0 Å². The van der Waals surface area contributed by atoms with Crippen molar-refractivity contribution in [2.75, 3.05) is 10.6 Å². The smallest absolute Gasteiger partial charge is 0.232 e. The minimum atomic E-state index is 0.224. The Morgan fingerprint density at radius 2 is 1.73 bits per heavy atom. The van der Waals surface area contributed by atoms with E-state index in [0.29, 0.717) is 17.7 Å². The first-order chi connectivity index (χ1) is 10.7. The fourth-order valence-electron chi connectivity index (χ4n) is 1.91. The maximum Gasteiger partial charge on any atom is 0.232 e. The van der Waals surface area contributed by atoms with Gasteiger partial charge in [0.2, 0.25) is 11.9 Å². The van der Waals surface area contributed by atoms with Crippen LogP contribution in [0.2, 0.25) is 0 Å². The number of para-hydroxylation sites is 1. The molecular weight excluding hydrogens is 278 g/mol. The van der Waals surface area contributed by atoms with E-state index in [1.54, 1.807) is 6.20 Å². The summed E-state index contributed by atoms with van der Waals surface area (Å²) in [4.78, 5) is 13.2. The Kier molecular flexibility index (Phi) is 3.95. The van der Waals surface area contributed by atoms with Crippen LogP contribution in [0.5, 0.6) is 0 Å². The predicted octanol–water partition coefficient (Wildman–Crippen LogP) is 2.83. The van der Waals surface area contributed by atoms with Crippen molar-refractivity contribution >= 4 is 17.6 Å². The van der Waals surface area contributed by atoms with Gasteiger partial charge in [-0.15, -0.1) is 0 Å². The molecule has 0 spiro atoms. The van der Waals surface area contributed by atoms with Crippen LogP contribution in [0, 0.1) is 0 Å². The largest absolute Gasteiger partial charge is 0.352 e. The van der Waals surface area contributed by atoms with E-state index in [-0.39, 0.29) is 6.04 Å². The molecule has 0 fully saturated rings. The SMILES string of the molecule is CC(C)Nc1nc(Nc2ccccc2)nc(-c2ccn[nH]2)n1. The van der Waals surface area contributed by atoms with Crippen molar-refractivity contribution in [3.05, 3.63) is 42.6 Å². The number of aromatic amines is 1. The minimum absolute atomic E-state index is 0.224. The summed E-state index contributed by atoms with van der Waals surface area (Å²) < 4.78 is 0. The fraction of sp³-hybridized carbons (Fsp3) is 0.200. The summed E-state index contributed by atoms with van der Waals surface area (Å²) in [6, 6.07) is 11.8. The molecule has 3 N–H and O–H groups in total. The van der Waals surface area contributed by atoms with Crippen LogP contribution in [0.1, 0.15) is 13.8 Å². The molecule has 112 valence electrons. The maximum atomic E-state index is 4.43. The van der Waals surface area contributed by atoms with Gasteiger partial charge in [0, 0.05) is 17.9 Å². The maximum absolute atomic E-state index is 4.43. The van der Waals surface area contributed by atoms with Gasteiger partial charge in [-0.25, -0.2) is 0 Å². The topological polar surface area (TPSA) is 91.4 Å². The Labute approximate surface area is 128 Å². The molecule has 0 unspecified atom stereocenters. The Morgan fingerprint density at radius 3 is 2.41 bits per heavy atom. The van der Waals surface area contributed by atoms with E-state index in [4.69, 9.17) is 0 Å². The molecule has 22 heavy (non-hydrogen) atoms. The summed E-state index contributed by atoms with van der Waals surface area (Å²) >= 11 is 0. The first kappa shape index (κ1) is 14.0. The van der Waals surface area contributed by atoms with Crippen molar-refractivity contribution in [3.63, 3.8) is 0 Å². The Morgan fingerprint density at radius 1 is 0.955 bits per heavy atom. The van der Waals surface area contributed by atoms with Gasteiger partial charge >= 0.3 is 0 Å². The number of rotatable bonds is 5. The fourth-order valence-corrected chi connectivity index (χ4v) is 1.91. The van der Waals surface area contributed by atoms with Crippen molar-refractivity contribution in [2.45, 2.75) is 19.9 Å². The van der Waals surface area contributed by atoms with Gasteiger partial charge < -0.3 is 10.6 Å². The summed E-state index contributed by atoms with van der Waals surface area (Å²) in [5.41, 5.74) is 1.66. The number of aromatic nitrogens is 5. The van der Waals surface area contributed by atoms with Crippen LogP contribution in [0.15, 0.2) is 42.6 Å². The number of anilines is 3. The lowest BCUT2D eigenvalue weighted by molar-refractivity contribution is 0.868. The first-order valence-corrected chi connectivity index (χ1v) is 7.05. The highest BCUT2D eigenvalue weighted by atomic mass is 15.2. The van der Waals surface area contributed by atoms with Gasteiger partial charge in [-0.1, -0.05) is 18.2 Å². The van der Waals surface area contributed by atoms with Crippen LogP contribution < -0.4 is 10.6 Å². The molecule has 0 amide bonds. The number of H-pyrrole nitrogens is 1. The van der Waals surface area contributed by atoms with Crippen LogP contribution in [0.25, 0.3) is 11.5 Å². The summed E-state index contributed by atoms with van der Waals surface area (Å²) in [5.74, 6) is 1.54. The molecule has 0 aliphatic heterocycles. The molecule has 3 rings (SSSR count). The molecule has 0 radical (unpaired) electrons. The van der Waals surface area contributed by atoms with E-state index in [1.807, 2.05) is 50.2 Å². The Bertz CT molecular complexity index is 723.